The predicted molar refractivity (Wildman–Crippen MR) is 81.2 cm³/mol. The molecule has 0 aromatic heterocycles. The number of nitrogens with one attached hydrogen (secondary N) is 2. The number of benzene rings is 1. The smallest absolute Gasteiger partial charge is 0.303 e. The molecule has 1 aromatic carbocycles. The Bertz CT molecular complexity index is 531. The molecule has 0 bridgehead atoms. The molecule has 0 radical (unpaired) electrons. The van der Waals surface area contributed by atoms with Gasteiger partial charge in [0.05, 0.1) is 0 Å². The number of carboxylic acid groups (broad SMARTS) is 1. The summed E-state index contributed by atoms with van der Waals surface area (Å²) in [5.74, 6) is -0.936. The minimum absolute atomic E-state index is 0.0756. The van der Waals surface area contributed by atoms with Gasteiger partial charge in [-0.1, -0.05) is 37.3 Å². The molecule has 118 valence electrons. The second-order valence-corrected chi connectivity index (χ2v) is 6.37. The highest BCUT2D eigenvalue weighted by atomic mass is 32.2. The normalized spacial score (nSPS) is 13.0. The first-order chi connectivity index (χ1) is 9.93. The zero-order valence-electron chi connectivity index (χ0n) is 12.1. The van der Waals surface area contributed by atoms with Crippen LogP contribution < -0.4 is 9.44 Å². The van der Waals surface area contributed by atoms with Crippen molar-refractivity contribution >= 4 is 16.2 Å². The second-order valence-electron chi connectivity index (χ2n) is 4.83. The average Bonchev–Trinajstić information content (AvgIpc) is 2.43. The summed E-state index contributed by atoms with van der Waals surface area (Å²) in [5, 5.41) is 8.78. The standard InChI is InChI=1S/C14H22N2O4S/c1-2-10-15-21(19,20)16-13(8-9-14(17)18)11-12-6-4-3-5-7-12/h3-7,13,15-16H,2,8-11H2,1H3,(H,17,18). The molecule has 1 rings (SSSR count). The van der Waals surface area contributed by atoms with E-state index in [1.807, 2.05) is 37.3 Å². The molecule has 0 aliphatic heterocycles. The number of carbonyl (C=O) groups is 1. The minimum atomic E-state index is -3.60. The quantitative estimate of drug-likeness (QED) is 0.606. The summed E-state index contributed by atoms with van der Waals surface area (Å²) < 4.78 is 28.7. The molecule has 7 heteroatoms. The Balaban J connectivity index is 2.70. The van der Waals surface area contributed by atoms with Crippen LogP contribution in [0.3, 0.4) is 0 Å². The van der Waals surface area contributed by atoms with Crippen molar-refractivity contribution in [3.8, 4) is 0 Å². The van der Waals surface area contributed by atoms with Crippen LogP contribution in [0, 0.1) is 0 Å². The molecular formula is C14H22N2O4S. The van der Waals surface area contributed by atoms with Gasteiger partial charge in [0.25, 0.3) is 10.2 Å². The lowest BCUT2D eigenvalue weighted by molar-refractivity contribution is -0.137. The second kappa shape index (κ2) is 8.76. The van der Waals surface area contributed by atoms with E-state index in [4.69, 9.17) is 5.11 Å². The topological polar surface area (TPSA) is 95.5 Å². The summed E-state index contributed by atoms with van der Waals surface area (Å²) >= 11 is 0. The van der Waals surface area contributed by atoms with Crippen LogP contribution in [-0.4, -0.2) is 32.1 Å². The van der Waals surface area contributed by atoms with E-state index in [9.17, 15) is 13.2 Å². The minimum Gasteiger partial charge on any atom is -0.481 e. The SMILES string of the molecule is CCCNS(=O)(=O)NC(CCC(=O)O)Cc1ccccc1. The first-order valence-electron chi connectivity index (χ1n) is 6.95. The molecular weight excluding hydrogens is 292 g/mol. The zero-order chi connectivity index (χ0) is 15.7. The summed E-state index contributed by atoms with van der Waals surface area (Å²) in [5.41, 5.74) is 0.964. The highest BCUT2D eigenvalue weighted by molar-refractivity contribution is 7.87. The van der Waals surface area contributed by atoms with Gasteiger partial charge in [-0.3, -0.25) is 4.79 Å². The molecule has 3 N–H and O–H groups in total. The highest BCUT2D eigenvalue weighted by Crippen LogP contribution is 2.08. The Labute approximate surface area is 125 Å². The number of hydrogen-bond donors (Lipinski definition) is 3. The molecule has 0 fully saturated rings. The molecule has 0 amide bonds. The third-order valence-corrected chi connectivity index (χ3v) is 4.12. The van der Waals surface area contributed by atoms with Gasteiger partial charge in [0.1, 0.15) is 0 Å². The van der Waals surface area contributed by atoms with Gasteiger partial charge in [-0.05, 0) is 24.8 Å². The molecule has 0 heterocycles. The van der Waals surface area contributed by atoms with Crippen molar-refractivity contribution < 1.29 is 18.3 Å². The van der Waals surface area contributed by atoms with Crippen LogP contribution in [0.1, 0.15) is 31.7 Å². The maximum absolute atomic E-state index is 11.9. The Kier molecular flexibility index (Phi) is 7.35. The van der Waals surface area contributed by atoms with Crippen molar-refractivity contribution in [1.29, 1.82) is 0 Å². The number of aliphatic carboxylic acids is 1. The first-order valence-corrected chi connectivity index (χ1v) is 8.44. The van der Waals surface area contributed by atoms with E-state index in [-0.39, 0.29) is 12.8 Å². The van der Waals surface area contributed by atoms with Gasteiger partial charge < -0.3 is 5.11 Å². The van der Waals surface area contributed by atoms with Crippen molar-refractivity contribution in [2.75, 3.05) is 6.54 Å². The van der Waals surface area contributed by atoms with E-state index in [1.165, 1.54) is 0 Å². The van der Waals surface area contributed by atoms with E-state index in [0.717, 1.165) is 5.56 Å². The van der Waals surface area contributed by atoms with Crippen LogP contribution in [0.5, 0.6) is 0 Å². The van der Waals surface area contributed by atoms with Gasteiger partial charge in [-0.2, -0.15) is 13.1 Å². The Hall–Kier alpha value is -1.44. The third kappa shape index (κ3) is 7.79. The average molecular weight is 314 g/mol. The molecule has 21 heavy (non-hydrogen) atoms. The molecule has 0 saturated carbocycles. The first kappa shape index (κ1) is 17.6. The largest absolute Gasteiger partial charge is 0.481 e. The molecule has 0 aliphatic rings. The van der Waals surface area contributed by atoms with Crippen LogP contribution in [0.4, 0.5) is 0 Å². The van der Waals surface area contributed by atoms with Gasteiger partial charge in [0.15, 0.2) is 0 Å². The van der Waals surface area contributed by atoms with E-state index < -0.39 is 22.2 Å². The summed E-state index contributed by atoms with van der Waals surface area (Å²) in [6.07, 6.45) is 1.33. The lowest BCUT2D eigenvalue weighted by atomic mass is 10.0. The molecule has 1 aromatic rings. The fourth-order valence-corrected chi connectivity index (χ4v) is 3.09. The van der Waals surface area contributed by atoms with Crippen molar-refractivity contribution in [2.24, 2.45) is 0 Å². The Morgan fingerprint density at radius 2 is 1.95 bits per heavy atom. The van der Waals surface area contributed by atoms with Crippen molar-refractivity contribution in [3.63, 3.8) is 0 Å². The van der Waals surface area contributed by atoms with E-state index >= 15 is 0 Å². The van der Waals surface area contributed by atoms with Gasteiger partial charge in [0.2, 0.25) is 0 Å². The van der Waals surface area contributed by atoms with Crippen molar-refractivity contribution in [2.45, 2.75) is 38.6 Å². The van der Waals surface area contributed by atoms with Gasteiger partial charge >= 0.3 is 5.97 Å². The lowest BCUT2D eigenvalue weighted by Gasteiger charge is -2.18. The fourth-order valence-electron chi connectivity index (χ4n) is 1.90. The monoisotopic (exact) mass is 314 g/mol. The zero-order valence-corrected chi connectivity index (χ0v) is 12.9. The Morgan fingerprint density at radius 3 is 2.52 bits per heavy atom. The number of rotatable bonds is 10. The van der Waals surface area contributed by atoms with E-state index in [1.54, 1.807) is 0 Å². The van der Waals surface area contributed by atoms with Crippen molar-refractivity contribution in [3.05, 3.63) is 35.9 Å². The number of carboxylic acids is 1. The van der Waals surface area contributed by atoms with Crippen molar-refractivity contribution in [1.82, 2.24) is 9.44 Å². The summed E-state index contributed by atoms with van der Waals surface area (Å²) in [4.78, 5) is 10.7. The molecule has 0 saturated heterocycles. The van der Waals surface area contributed by atoms with Crippen LogP contribution in [0.15, 0.2) is 30.3 Å². The molecule has 1 unspecified atom stereocenters. The molecule has 0 aliphatic carbocycles. The lowest BCUT2D eigenvalue weighted by Crippen LogP contribution is -2.44. The van der Waals surface area contributed by atoms with Crippen LogP contribution in [0.2, 0.25) is 0 Å². The molecule has 0 spiro atoms. The van der Waals surface area contributed by atoms with Crippen LogP contribution in [0.25, 0.3) is 0 Å². The van der Waals surface area contributed by atoms with Crippen LogP contribution >= 0.6 is 0 Å². The summed E-state index contributed by atoms with van der Waals surface area (Å²) in [6.45, 7) is 2.22. The van der Waals surface area contributed by atoms with E-state index in [2.05, 4.69) is 9.44 Å². The fraction of sp³-hybridized carbons (Fsp3) is 0.500. The summed E-state index contributed by atoms with van der Waals surface area (Å²) in [6, 6.07) is 8.95. The number of hydrogen-bond acceptors (Lipinski definition) is 3. The van der Waals surface area contributed by atoms with Gasteiger partial charge in [0, 0.05) is 19.0 Å². The van der Waals surface area contributed by atoms with Gasteiger partial charge in [-0.15, -0.1) is 0 Å². The highest BCUT2D eigenvalue weighted by Gasteiger charge is 2.18. The molecule has 6 nitrogen and oxygen atoms in total. The van der Waals surface area contributed by atoms with Gasteiger partial charge in [-0.25, -0.2) is 4.72 Å². The Morgan fingerprint density at radius 1 is 1.29 bits per heavy atom. The summed E-state index contributed by atoms with van der Waals surface area (Å²) in [7, 11) is -3.60. The third-order valence-electron chi connectivity index (χ3n) is 2.90. The molecule has 1 atom stereocenters. The van der Waals surface area contributed by atoms with Crippen LogP contribution in [-0.2, 0) is 21.4 Å². The predicted octanol–water partition coefficient (Wildman–Crippen LogP) is 1.30. The maximum atomic E-state index is 11.9. The van der Waals surface area contributed by atoms with E-state index in [0.29, 0.717) is 19.4 Å². The maximum Gasteiger partial charge on any atom is 0.303 e.